The van der Waals surface area contributed by atoms with E-state index in [-0.39, 0.29) is 17.4 Å². The number of hydrogen-bond donors (Lipinski definition) is 1. The summed E-state index contributed by atoms with van der Waals surface area (Å²) in [7, 11) is 0. The van der Waals surface area contributed by atoms with Gasteiger partial charge in [-0.2, -0.15) is 0 Å². The Hall–Kier alpha value is -2.81. The number of ether oxygens (including phenoxy) is 2. The van der Waals surface area contributed by atoms with Crippen molar-refractivity contribution in [1.82, 2.24) is 10.2 Å². The fourth-order valence-corrected chi connectivity index (χ4v) is 4.40. The van der Waals surface area contributed by atoms with E-state index in [1.165, 1.54) is 24.3 Å². The van der Waals surface area contributed by atoms with Gasteiger partial charge in [-0.05, 0) is 37.5 Å². The lowest BCUT2D eigenvalue weighted by Crippen LogP contribution is -2.44. The maximum atomic E-state index is 13.4. The molecule has 4 rings (SSSR count). The molecule has 31 heavy (non-hydrogen) atoms. The van der Waals surface area contributed by atoms with Crippen molar-refractivity contribution in [3.05, 3.63) is 52.4 Å². The van der Waals surface area contributed by atoms with Gasteiger partial charge in [0, 0.05) is 48.0 Å². The maximum absolute atomic E-state index is 13.4. The van der Waals surface area contributed by atoms with Gasteiger partial charge in [0.05, 0.1) is 13.2 Å². The molecule has 2 heterocycles. The van der Waals surface area contributed by atoms with Crippen molar-refractivity contribution in [2.75, 3.05) is 26.3 Å². The third-order valence-corrected chi connectivity index (χ3v) is 5.75. The highest BCUT2D eigenvalue weighted by Gasteiger charge is 2.40. The third-order valence-electron chi connectivity index (χ3n) is 5.75. The molecule has 0 saturated carbocycles. The second kappa shape index (κ2) is 8.37. The zero-order chi connectivity index (χ0) is 22.2. The van der Waals surface area contributed by atoms with Crippen LogP contribution >= 0.6 is 0 Å². The zero-order valence-corrected chi connectivity index (χ0v) is 17.1. The highest BCUT2D eigenvalue weighted by atomic mass is 19.4. The minimum atomic E-state index is -4.79. The number of benzene rings is 1. The molecule has 1 aromatic rings. The van der Waals surface area contributed by atoms with Crippen molar-refractivity contribution in [2.45, 2.75) is 38.5 Å². The molecule has 0 spiro atoms. The van der Waals surface area contributed by atoms with Crippen LogP contribution in [0.15, 0.2) is 46.8 Å². The SMILES string of the molecule is CC1=C(C(=O)N2CCOCC2)C(c2ccc(OC(F)(F)F)cc2)C2=C(CCCC2=O)N1. The van der Waals surface area contributed by atoms with E-state index in [9.17, 15) is 22.8 Å². The minimum Gasteiger partial charge on any atom is -0.406 e. The summed E-state index contributed by atoms with van der Waals surface area (Å²) >= 11 is 0. The van der Waals surface area contributed by atoms with Crippen LogP contribution in [0, 0.1) is 0 Å². The molecule has 6 nitrogen and oxygen atoms in total. The summed E-state index contributed by atoms with van der Waals surface area (Å²) in [6, 6.07) is 5.40. The summed E-state index contributed by atoms with van der Waals surface area (Å²) in [6.07, 6.45) is -3.01. The second-order valence-electron chi connectivity index (χ2n) is 7.79. The molecule has 1 aliphatic carbocycles. The molecule has 1 unspecified atom stereocenters. The number of Topliss-reactive ketones (excluding diaryl/α,β-unsaturated/α-hetero) is 1. The van der Waals surface area contributed by atoms with Crippen LogP contribution in [0.5, 0.6) is 5.75 Å². The molecule has 0 aromatic heterocycles. The Bertz CT molecular complexity index is 944. The summed E-state index contributed by atoms with van der Waals surface area (Å²) in [6.45, 7) is 3.56. The van der Waals surface area contributed by atoms with Crippen LogP contribution in [0.25, 0.3) is 0 Å². The van der Waals surface area contributed by atoms with E-state index < -0.39 is 12.3 Å². The van der Waals surface area contributed by atoms with Crippen molar-refractivity contribution >= 4 is 11.7 Å². The van der Waals surface area contributed by atoms with Crippen LogP contribution in [0.1, 0.15) is 37.7 Å². The molecule has 0 radical (unpaired) electrons. The summed E-state index contributed by atoms with van der Waals surface area (Å²) < 4.78 is 46.9. The van der Waals surface area contributed by atoms with E-state index in [2.05, 4.69) is 10.1 Å². The second-order valence-corrected chi connectivity index (χ2v) is 7.79. The Morgan fingerprint density at radius 1 is 1.16 bits per heavy atom. The summed E-state index contributed by atoms with van der Waals surface area (Å²) in [4.78, 5) is 28.0. The molecule has 1 amide bonds. The van der Waals surface area contributed by atoms with Crippen molar-refractivity contribution in [1.29, 1.82) is 0 Å². The molecule has 1 saturated heterocycles. The number of carbonyl (C=O) groups excluding carboxylic acids is 2. The first-order valence-corrected chi connectivity index (χ1v) is 10.2. The highest BCUT2D eigenvalue weighted by molar-refractivity contribution is 6.05. The fraction of sp³-hybridized carbons (Fsp3) is 0.455. The van der Waals surface area contributed by atoms with Crippen LogP contribution < -0.4 is 10.1 Å². The van der Waals surface area contributed by atoms with E-state index >= 15 is 0 Å². The van der Waals surface area contributed by atoms with E-state index in [1.807, 2.05) is 0 Å². The molecule has 9 heteroatoms. The predicted molar refractivity (Wildman–Crippen MR) is 105 cm³/mol. The van der Waals surface area contributed by atoms with Crippen molar-refractivity contribution in [2.24, 2.45) is 0 Å². The predicted octanol–water partition coefficient (Wildman–Crippen LogP) is 3.41. The van der Waals surface area contributed by atoms with Crippen molar-refractivity contribution in [3.8, 4) is 5.75 Å². The maximum Gasteiger partial charge on any atom is 0.573 e. The van der Waals surface area contributed by atoms with Crippen LogP contribution in [-0.2, 0) is 14.3 Å². The van der Waals surface area contributed by atoms with E-state index in [4.69, 9.17) is 4.74 Å². The normalized spacial score (nSPS) is 22.3. The summed E-state index contributed by atoms with van der Waals surface area (Å²) in [5, 5.41) is 3.25. The van der Waals surface area contributed by atoms with Gasteiger partial charge in [0.1, 0.15) is 5.75 Å². The first-order chi connectivity index (χ1) is 14.7. The Balaban J connectivity index is 1.74. The van der Waals surface area contributed by atoms with Gasteiger partial charge in [0.15, 0.2) is 5.78 Å². The monoisotopic (exact) mass is 436 g/mol. The zero-order valence-electron chi connectivity index (χ0n) is 17.1. The summed E-state index contributed by atoms with van der Waals surface area (Å²) in [5.41, 5.74) is 2.99. The topological polar surface area (TPSA) is 67.9 Å². The molecular weight excluding hydrogens is 413 g/mol. The molecular formula is C22H23F3N2O4. The van der Waals surface area contributed by atoms with Gasteiger partial charge in [-0.25, -0.2) is 0 Å². The molecule has 2 aliphatic heterocycles. The Kier molecular flexibility index (Phi) is 5.79. The quantitative estimate of drug-likeness (QED) is 0.787. The standard InChI is InChI=1S/C22H23F3N2O4/c1-13-18(21(29)27-9-11-30-12-10-27)19(20-16(26-13)3-2-4-17(20)28)14-5-7-15(8-6-14)31-22(23,24)25/h5-8,19,26H,2-4,9-12H2,1H3. The summed E-state index contributed by atoms with van der Waals surface area (Å²) in [5.74, 6) is -1.23. The first-order valence-electron chi connectivity index (χ1n) is 10.2. The Morgan fingerprint density at radius 2 is 1.84 bits per heavy atom. The van der Waals surface area contributed by atoms with Crippen LogP contribution in [-0.4, -0.2) is 49.3 Å². The fourth-order valence-electron chi connectivity index (χ4n) is 4.40. The number of dihydropyridines is 1. The molecule has 1 aromatic carbocycles. The third kappa shape index (κ3) is 4.46. The number of nitrogens with zero attached hydrogens (tertiary/aromatic N) is 1. The van der Waals surface area contributed by atoms with Crippen molar-refractivity contribution in [3.63, 3.8) is 0 Å². The van der Waals surface area contributed by atoms with Gasteiger partial charge < -0.3 is 19.7 Å². The van der Waals surface area contributed by atoms with Crippen molar-refractivity contribution < 1.29 is 32.2 Å². The highest BCUT2D eigenvalue weighted by Crippen LogP contribution is 2.43. The largest absolute Gasteiger partial charge is 0.573 e. The van der Waals surface area contributed by atoms with Gasteiger partial charge in [0.2, 0.25) is 0 Å². The molecule has 1 N–H and O–H groups in total. The number of carbonyl (C=O) groups is 2. The Labute approximate surface area is 177 Å². The van der Waals surface area contributed by atoms with E-state index in [0.717, 1.165) is 12.1 Å². The number of nitrogens with one attached hydrogen (secondary N) is 1. The number of ketones is 1. The van der Waals surface area contributed by atoms with E-state index in [1.54, 1.807) is 11.8 Å². The average Bonchev–Trinajstić information content (AvgIpc) is 2.73. The Morgan fingerprint density at radius 3 is 2.48 bits per heavy atom. The van der Waals surface area contributed by atoms with Crippen LogP contribution in [0.4, 0.5) is 13.2 Å². The van der Waals surface area contributed by atoms with Gasteiger partial charge in [-0.1, -0.05) is 12.1 Å². The van der Waals surface area contributed by atoms with Crippen LogP contribution in [0.3, 0.4) is 0 Å². The van der Waals surface area contributed by atoms with Gasteiger partial charge >= 0.3 is 6.36 Å². The molecule has 3 aliphatic rings. The van der Waals surface area contributed by atoms with Crippen LogP contribution in [0.2, 0.25) is 0 Å². The first kappa shape index (κ1) is 21.4. The number of allylic oxidation sites excluding steroid dienone is 3. The lowest BCUT2D eigenvalue weighted by Gasteiger charge is -2.37. The van der Waals surface area contributed by atoms with Gasteiger partial charge in [-0.15, -0.1) is 13.2 Å². The number of alkyl halides is 3. The van der Waals surface area contributed by atoms with Gasteiger partial charge in [-0.3, -0.25) is 9.59 Å². The number of morpholine rings is 1. The number of amides is 1. The molecule has 0 bridgehead atoms. The number of hydrogen-bond acceptors (Lipinski definition) is 5. The molecule has 166 valence electrons. The average molecular weight is 436 g/mol. The molecule has 1 atom stereocenters. The molecule has 1 fully saturated rings. The van der Waals surface area contributed by atoms with E-state index in [0.29, 0.717) is 61.6 Å². The number of rotatable bonds is 3. The minimum absolute atomic E-state index is 0.0471. The smallest absolute Gasteiger partial charge is 0.406 e. The van der Waals surface area contributed by atoms with Gasteiger partial charge in [0.25, 0.3) is 5.91 Å². The lowest BCUT2D eigenvalue weighted by molar-refractivity contribution is -0.274. The number of halogens is 3. The lowest BCUT2D eigenvalue weighted by atomic mass is 9.75.